The lowest BCUT2D eigenvalue weighted by Crippen LogP contribution is -2.33. The van der Waals surface area contributed by atoms with Crippen molar-refractivity contribution in [1.29, 1.82) is 0 Å². The Labute approximate surface area is 224 Å². The molecule has 2 N–H and O–H groups in total. The van der Waals surface area contributed by atoms with Gasteiger partial charge in [-0.2, -0.15) is 5.10 Å². The molecule has 0 aliphatic carbocycles. The van der Waals surface area contributed by atoms with E-state index in [0.717, 1.165) is 16.6 Å². The summed E-state index contributed by atoms with van der Waals surface area (Å²) < 4.78 is 0. The van der Waals surface area contributed by atoms with Gasteiger partial charge in [-0.05, 0) is 48.0 Å². The third kappa shape index (κ3) is 6.52. The van der Waals surface area contributed by atoms with Gasteiger partial charge in [0.05, 0.1) is 22.3 Å². The molecule has 1 heterocycles. The van der Waals surface area contributed by atoms with Crippen LogP contribution in [0.5, 0.6) is 0 Å². The van der Waals surface area contributed by atoms with Crippen LogP contribution >= 0.6 is 23.2 Å². The quantitative estimate of drug-likeness (QED) is 0.142. The number of fused-ring (bicyclic) bond motifs is 1. The summed E-state index contributed by atoms with van der Waals surface area (Å²) in [6, 6.07) is 23.4. The second-order valence-electron chi connectivity index (χ2n) is 8.24. The van der Waals surface area contributed by atoms with Gasteiger partial charge in [0.2, 0.25) is 0 Å². The molecule has 7 nitrogen and oxygen atoms in total. The molecule has 0 bridgehead atoms. The van der Waals surface area contributed by atoms with Crippen molar-refractivity contribution in [3.8, 4) is 0 Å². The molecule has 0 radical (unpaired) electrons. The Bertz CT molecular complexity index is 1520. The molecular weight excluding hydrogens is 509 g/mol. The minimum atomic E-state index is -0.627. The Balaban J connectivity index is 1.58. The van der Waals surface area contributed by atoms with Gasteiger partial charge in [0.25, 0.3) is 11.8 Å². The number of halogens is 2. The summed E-state index contributed by atoms with van der Waals surface area (Å²) in [5.74, 6) is -1.15. The molecule has 0 unspecified atom stereocenters. The summed E-state index contributed by atoms with van der Waals surface area (Å²) in [7, 11) is 3.87. The van der Waals surface area contributed by atoms with Crippen molar-refractivity contribution in [2.45, 2.75) is 0 Å². The smallest absolute Gasteiger partial charge is 0.287 e. The number of nitrogens with zero attached hydrogens (tertiary/aromatic N) is 3. The zero-order valence-electron chi connectivity index (χ0n) is 20.1. The number of rotatable bonds is 7. The molecule has 0 aliphatic heterocycles. The molecule has 0 atom stereocenters. The number of carbonyl (C=O) groups excluding carboxylic acids is 2. The number of anilines is 1. The molecule has 9 heteroatoms. The summed E-state index contributed by atoms with van der Waals surface area (Å²) in [4.78, 5) is 32.3. The van der Waals surface area contributed by atoms with E-state index in [2.05, 4.69) is 20.8 Å². The number of para-hydroxylation sites is 1. The first-order valence-corrected chi connectivity index (χ1v) is 12.0. The van der Waals surface area contributed by atoms with Crippen molar-refractivity contribution in [2.75, 3.05) is 19.0 Å². The number of hydrazone groups is 1. The average Bonchev–Trinajstić information content (AvgIpc) is 2.89. The average molecular weight is 532 g/mol. The van der Waals surface area contributed by atoms with Crippen molar-refractivity contribution in [3.63, 3.8) is 0 Å². The number of hydrogen-bond acceptors (Lipinski definition) is 5. The molecule has 1 aromatic heterocycles. The number of nitrogens with one attached hydrogen (secondary N) is 2. The van der Waals surface area contributed by atoms with Crippen molar-refractivity contribution < 1.29 is 9.59 Å². The maximum absolute atomic E-state index is 13.1. The lowest BCUT2D eigenvalue weighted by atomic mass is 10.1. The van der Waals surface area contributed by atoms with E-state index in [-0.39, 0.29) is 21.4 Å². The van der Waals surface area contributed by atoms with Crippen molar-refractivity contribution in [2.24, 2.45) is 5.10 Å². The third-order valence-electron chi connectivity index (χ3n) is 5.41. The fraction of sp³-hybridized carbons (Fsp3) is 0.0714. The van der Waals surface area contributed by atoms with Gasteiger partial charge in [-0.3, -0.25) is 9.59 Å². The Morgan fingerprint density at radius 2 is 1.65 bits per heavy atom. The predicted octanol–water partition coefficient (Wildman–Crippen LogP) is 5.53. The first kappa shape index (κ1) is 25.9. The summed E-state index contributed by atoms with van der Waals surface area (Å²) >= 11 is 12.4. The van der Waals surface area contributed by atoms with Crippen LogP contribution in [0.4, 0.5) is 5.69 Å². The van der Waals surface area contributed by atoms with Gasteiger partial charge >= 0.3 is 0 Å². The van der Waals surface area contributed by atoms with E-state index in [1.807, 2.05) is 73.6 Å². The van der Waals surface area contributed by atoms with E-state index in [0.29, 0.717) is 11.1 Å². The molecule has 0 saturated carbocycles. The summed E-state index contributed by atoms with van der Waals surface area (Å²) in [5.41, 5.74) is 5.66. The topological polar surface area (TPSA) is 86.7 Å². The zero-order chi connectivity index (χ0) is 26.4. The summed E-state index contributed by atoms with van der Waals surface area (Å²) in [6.45, 7) is 0. The largest absolute Gasteiger partial charge is 0.378 e. The minimum Gasteiger partial charge on any atom is -0.378 e. The standard InChI is InChI=1S/C28H23Cl2N5O2/c1-35(2)21-13-11-18(12-14-21)15-25(33-27(36)22-8-4-5-9-23(22)29)28(37)34-31-17-20-16-19-7-3-6-10-24(19)32-26(20)30/h3-17H,1-2H3,(H,33,36)(H,34,37). The van der Waals surface area contributed by atoms with Crippen molar-refractivity contribution >= 4 is 63.9 Å². The van der Waals surface area contributed by atoms with Gasteiger partial charge in [-0.1, -0.05) is 65.7 Å². The van der Waals surface area contributed by atoms with Crippen LogP contribution < -0.4 is 15.6 Å². The van der Waals surface area contributed by atoms with Gasteiger partial charge < -0.3 is 10.2 Å². The van der Waals surface area contributed by atoms with E-state index in [9.17, 15) is 9.59 Å². The second kappa shape index (κ2) is 11.7. The summed E-state index contributed by atoms with van der Waals surface area (Å²) in [6.07, 6.45) is 2.96. The molecule has 3 aromatic carbocycles. The fourth-order valence-electron chi connectivity index (χ4n) is 3.45. The first-order valence-electron chi connectivity index (χ1n) is 11.3. The minimum absolute atomic E-state index is 0.0117. The van der Waals surface area contributed by atoms with Gasteiger partial charge in [0.15, 0.2) is 0 Å². The highest BCUT2D eigenvalue weighted by atomic mass is 35.5. The fourth-order valence-corrected chi connectivity index (χ4v) is 3.86. The number of pyridine rings is 1. The maximum Gasteiger partial charge on any atom is 0.287 e. The highest BCUT2D eigenvalue weighted by Crippen LogP contribution is 2.19. The second-order valence-corrected chi connectivity index (χ2v) is 9.00. The maximum atomic E-state index is 13.1. The molecule has 4 aromatic rings. The van der Waals surface area contributed by atoms with Gasteiger partial charge in [-0.15, -0.1) is 0 Å². The van der Waals surface area contributed by atoms with Crippen LogP contribution in [0.1, 0.15) is 21.5 Å². The highest BCUT2D eigenvalue weighted by Gasteiger charge is 2.16. The van der Waals surface area contributed by atoms with E-state index in [1.165, 1.54) is 6.21 Å². The van der Waals surface area contributed by atoms with Crippen LogP contribution in [0.15, 0.2) is 89.7 Å². The highest BCUT2D eigenvalue weighted by molar-refractivity contribution is 6.34. The molecule has 2 amide bonds. The Kier molecular flexibility index (Phi) is 8.18. The summed E-state index contributed by atoms with van der Waals surface area (Å²) in [5, 5.41) is 8.08. The van der Waals surface area contributed by atoms with E-state index < -0.39 is 11.8 Å². The third-order valence-corrected chi connectivity index (χ3v) is 6.04. The van der Waals surface area contributed by atoms with Crippen molar-refractivity contribution in [3.05, 3.63) is 111 Å². The Hall–Kier alpha value is -4.20. The van der Waals surface area contributed by atoms with E-state index in [4.69, 9.17) is 23.2 Å². The molecule has 186 valence electrons. The van der Waals surface area contributed by atoms with Crippen LogP contribution in [-0.2, 0) is 4.79 Å². The van der Waals surface area contributed by atoms with Gasteiger partial charge in [0.1, 0.15) is 10.9 Å². The monoisotopic (exact) mass is 531 g/mol. The molecule has 0 saturated heterocycles. The van der Waals surface area contributed by atoms with E-state index >= 15 is 0 Å². The van der Waals surface area contributed by atoms with Gasteiger partial charge in [0, 0.05) is 30.7 Å². The molecule has 0 fully saturated rings. The molecular formula is C28H23Cl2N5O2. The molecule has 0 aliphatic rings. The van der Waals surface area contributed by atoms with Crippen LogP contribution in [0.25, 0.3) is 17.0 Å². The lowest BCUT2D eigenvalue weighted by Gasteiger charge is -2.13. The van der Waals surface area contributed by atoms with Crippen molar-refractivity contribution in [1.82, 2.24) is 15.7 Å². The number of aromatic nitrogens is 1. The molecule has 4 rings (SSSR count). The number of carbonyl (C=O) groups is 2. The normalized spacial score (nSPS) is 11.5. The first-order chi connectivity index (χ1) is 17.8. The Morgan fingerprint density at radius 1 is 0.946 bits per heavy atom. The number of benzene rings is 3. The van der Waals surface area contributed by atoms with Crippen LogP contribution in [0.2, 0.25) is 10.2 Å². The zero-order valence-corrected chi connectivity index (χ0v) is 21.6. The molecule has 37 heavy (non-hydrogen) atoms. The Morgan fingerprint density at radius 3 is 2.38 bits per heavy atom. The lowest BCUT2D eigenvalue weighted by molar-refractivity contribution is -0.117. The number of hydrogen-bond donors (Lipinski definition) is 2. The SMILES string of the molecule is CN(C)c1ccc(C=C(NC(=O)c2ccccc2Cl)C(=O)NN=Cc2cc3ccccc3nc2Cl)cc1. The van der Waals surface area contributed by atoms with Crippen LogP contribution in [0.3, 0.4) is 0 Å². The number of amides is 2. The predicted molar refractivity (Wildman–Crippen MR) is 150 cm³/mol. The van der Waals surface area contributed by atoms with Crippen LogP contribution in [0, 0.1) is 0 Å². The van der Waals surface area contributed by atoms with Crippen LogP contribution in [-0.4, -0.2) is 37.1 Å². The van der Waals surface area contributed by atoms with Gasteiger partial charge in [-0.25, -0.2) is 10.4 Å². The van der Waals surface area contributed by atoms with E-state index in [1.54, 1.807) is 30.3 Å². The molecule has 0 spiro atoms.